The number of fused-ring (bicyclic) bond motifs is 1. The van der Waals surface area contributed by atoms with Gasteiger partial charge in [0, 0.05) is 24.3 Å². The third-order valence-corrected chi connectivity index (χ3v) is 5.18. The molecule has 0 unspecified atom stereocenters. The zero-order valence-electron chi connectivity index (χ0n) is 15.3. The van der Waals surface area contributed by atoms with Crippen LogP contribution in [0.25, 0.3) is 16.9 Å². The molecule has 0 spiro atoms. The number of aromatic carboxylic acids is 1. The fraction of sp³-hybridized carbons (Fsp3) is 0.158. The second-order valence-corrected chi connectivity index (χ2v) is 6.87. The van der Waals surface area contributed by atoms with Crippen molar-refractivity contribution in [3.8, 4) is 11.3 Å². The van der Waals surface area contributed by atoms with Gasteiger partial charge in [0.15, 0.2) is 11.5 Å². The summed E-state index contributed by atoms with van der Waals surface area (Å²) in [4.78, 5) is 20.3. The van der Waals surface area contributed by atoms with Crippen LogP contribution in [-0.2, 0) is 6.42 Å². The Morgan fingerprint density at radius 3 is 2.96 bits per heavy atom. The molecule has 0 fully saturated rings. The molecule has 0 aliphatic rings. The largest absolute Gasteiger partial charge is 0.478 e. The number of hydrogen-bond donors (Lipinski definition) is 3. The number of imidazole rings is 1. The molecular formula is C19H18N6O2S. The van der Waals surface area contributed by atoms with E-state index < -0.39 is 5.97 Å². The van der Waals surface area contributed by atoms with Gasteiger partial charge in [-0.05, 0) is 36.4 Å². The normalized spacial score (nSPS) is 11.1. The Morgan fingerprint density at radius 1 is 1.36 bits per heavy atom. The van der Waals surface area contributed by atoms with E-state index in [0.717, 1.165) is 27.5 Å². The van der Waals surface area contributed by atoms with E-state index in [-0.39, 0.29) is 0 Å². The lowest BCUT2D eigenvalue weighted by molar-refractivity contribution is 0.0696. The monoisotopic (exact) mass is 394 g/mol. The van der Waals surface area contributed by atoms with Gasteiger partial charge in [0.2, 0.25) is 0 Å². The fourth-order valence-corrected chi connectivity index (χ4v) is 3.66. The molecule has 0 amide bonds. The van der Waals surface area contributed by atoms with Crippen molar-refractivity contribution in [2.75, 3.05) is 11.6 Å². The van der Waals surface area contributed by atoms with Gasteiger partial charge in [-0.1, -0.05) is 6.92 Å². The molecular weight excluding hydrogens is 376 g/mol. The van der Waals surface area contributed by atoms with Crippen LogP contribution in [0.5, 0.6) is 0 Å². The number of H-pyrrole nitrogens is 1. The van der Waals surface area contributed by atoms with Crippen LogP contribution in [0.1, 0.15) is 22.8 Å². The van der Waals surface area contributed by atoms with E-state index in [2.05, 4.69) is 25.5 Å². The molecule has 4 aromatic rings. The molecule has 3 aromatic heterocycles. The number of rotatable bonds is 6. The molecule has 28 heavy (non-hydrogen) atoms. The number of carboxylic acids is 1. The minimum absolute atomic E-state index is 0.312. The third-order valence-electron chi connectivity index (χ3n) is 4.48. The first-order chi connectivity index (χ1) is 13.6. The fourth-order valence-electron chi connectivity index (χ4n) is 3.13. The van der Waals surface area contributed by atoms with Crippen molar-refractivity contribution in [3.05, 3.63) is 54.1 Å². The highest BCUT2D eigenvalue weighted by Crippen LogP contribution is 2.30. The Hall–Kier alpha value is -3.33. The molecule has 0 saturated carbocycles. The molecule has 4 rings (SSSR count). The summed E-state index contributed by atoms with van der Waals surface area (Å²) in [5, 5.41) is 20.6. The topological polar surface area (TPSA) is 108 Å². The predicted molar refractivity (Wildman–Crippen MR) is 108 cm³/mol. The van der Waals surface area contributed by atoms with Gasteiger partial charge in [0.05, 0.1) is 23.0 Å². The van der Waals surface area contributed by atoms with Gasteiger partial charge in [-0.3, -0.25) is 9.50 Å². The summed E-state index contributed by atoms with van der Waals surface area (Å²) < 4.78 is 1.95. The summed E-state index contributed by atoms with van der Waals surface area (Å²) >= 11 is 1.56. The average Bonchev–Trinajstić information content (AvgIpc) is 3.34. The molecule has 8 nitrogen and oxygen atoms in total. The van der Waals surface area contributed by atoms with Crippen LogP contribution in [-0.4, -0.2) is 41.9 Å². The standard InChI is InChI=1S/C19H18N6O2S/c1-3-11-8-12(4-5-13(11)19(26)27)23-16-17-21-10-15(25(17)7-6-20-16)14-9-22-24-18(14)28-2/h4-10H,3H2,1-2H3,(H,20,23)(H,22,24)(H,26,27). The average molecular weight is 394 g/mol. The maximum atomic E-state index is 11.3. The first-order valence-corrected chi connectivity index (χ1v) is 9.88. The van der Waals surface area contributed by atoms with Crippen LogP contribution >= 0.6 is 11.8 Å². The summed E-state index contributed by atoms with van der Waals surface area (Å²) in [7, 11) is 0. The van der Waals surface area contributed by atoms with Gasteiger partial charge in [-0.15, -0.1) is 11.8 Å². The van der Waals surface area contributed by atoms with Gasteiger partial charge in [-0.25, -0.2) is 14.8 Å². The maximum Gasteiger partial charge on any atom is 0.335 e. The lowest BCUT2D eigenvalue weighted by atomic mass is 10.0. The van der Waals surface area contributed by atoms with Crippen molar-refractivity contribution in [1.29, 1.82) is 0 Å². The Bertz CT molecular complexity index is 1170. The van der Waals surface area contributed by atoms with Crippen molar-refractivity contribution < 1.29 is 9.90 Å². The molecule has 1 aromatic carbocycles. The summed E-state index contributed by atoms with van der Waals surface area (Å²) in [5.41, 5.74) is 4.39. The molecule has 0 aliphatic heterocycles. The summed E-state index contributed by atoms with van der Waals surface area (Å²) in [6.07, 6.45) is 9.79. The Morgan fingerprint density at radius 2 is 2.21 bits per heavy atom. The van der Waals surface area contributed by atoms with E-state index in [1.54, 1.807) is 36.3 Å². The van der Waals surface area contributed by atoms with E-state index in [1.165, 1.54) is 0 Å². The van der Waals surface area contributed by atoms with Gasteiger partial charge >= 0.3 is 5.97 Å². The Kier molecular flexibility index (Phi) is 4.74. The molecule has 142 valence electrons. The summed E-state index contributed by atoms with van der Waals surface area (Å²) in [5.74, 6) is -0.334. The zero-order chi connectivity index (χ0) is 19.7. The minimum atomic E-state index is -0.925. The predicted octanol–water partition coefficient (Wildman–Crippen LogP) is 3.85. The summed E-state index contributed by atoms with van der Waals surface area (Å²) in [6.45, 7) is 1.93. The molecule has 0 bridgehead atoms. The highest BCUT2D eigenvalue weighted by molar-refractivity contribution is 7.98. The highest BCUT2D eigenvalue weighted by atomic mass is 32.2. The van der Waals surface area contributed by atoms with Crippen molar-refractivity contribution in [2.24, 2.45) is 0 Å². The van der Waals surface area contributed by atoms with Crippen LogP contribution < -0.4 is 5.32 Å². The van der Waals surface area contributed by atoms with Crippen LogP contribution in [0.4, 0.5) is 11.5 Å². The highest BCUT2D eigenvalue weighted by Gasteiger charge is 2.15. The first-order valence-electron chi connectivity index (χ1n) is 8.65. The van der Waals surface area contributed by atoms with Crippen molar-refractivity contribution in [3.63, 3.8) is 0 Å². The van der Waals surface area contributed by atoms with Crippen molar-refractivity contribution in [1.82, 2.24) is 24.6 Å². The third kappa shape index (κ3) is 3.09. The molecule has 3 heterocycles. The number of nitrogens with one attached hydrogen (secondary N) is 2. The molecule has 0 radical (unpaired) electrons. The lowest BCUT2D eigenvalue weighted by Gasteiger charge is -2.10. The lowest BCUT2D eigenvalue weighted by Crippen LogP contribution is -2.04. The van der Waals surface area contributed by atoms with Gasteiger partial charge in [0.25, 0.3) is 0 Å². The molecule has 3 N–H and O–H groups in total. The van der Waals surface area contributed by atoms with Gasteiger partial charge in [-0.2, -0.15) is 5.10 Å². The first kappa shape index (κ1) is 18.1. The van der Waals surface area contributed by atoms with Crippen molar-refractivity contribution >= 4 is 34.9 Å². The Labute approximate surface area is 165 Å². The molecule has 9 heteroatoms. The molecule has 0 aliphatic carbocycles. The van der Waals surface area contributed by atoms with Gasteiger partial charge in [0.1, 0.15) is 5.03 Å². The van der Waals surface area contributed by atoms with Crippen LogP contribution in [0, 0.1) is 0 Å². The van der Waals surface area contributed by atoms with Gasteiger partial charge < -0.3 is 10.4 Å². The van der Waals surface area contributed by atoms with E-state index in [1.807, 2.05) is 36.0 Å². The number of benzene rings is 1. The van der Waals surface area contributed by atoms with Crippen molar-refractivity contribution in [2.45, 2.75) is 18.4 Å². The number of aromatic nitrogens is 5. The quantitative estimate of drug-likeness (QED) is 0.426. The van der Waals surface area contributed by atoms with Crippen LogP contribution in [0.3, 0.4) is 0 Å². The summed E-state index contributed by atoms with van der Waals surface area (Å²) in [6, 6.07) is 5.18. The van der Waals surface area contributed by atoms with Crippen LogP contribution in [0.15, 0.2) is 48.0 Å². The van der Waals surface area contributed by atoms with E-state index >= 15 is 0 Å². The van der Waals surface area contributed by atoms with E-state index in [0.29, 0.717) is 23.4 Å². The number of thioether (sulfide) groups is 1. The minimum Gasteiger partial charge on any atom is -0.478 e. The number of aryl methyl sites for hydroxylation is 1. The van der Waals surface area contributed by atoms with Crippen LogP contribution in [0.2, 0.25) is 0 Å². The zero-order valence-corrected chi connectivity index (χ0v) is 16.1. The number of hydrogen-bond acceptors (Lipinski definition) is 6. The number of aromatic amines is 1. The SMILES string of the molecule is CCc1cc(Nc2nccn3c(-c4c[nH]nc4SC)cnc23)ccc1C(=O)O. The number of nitrogens with zero attached hydrogens (tertiary/aromatic N) is 4. The smallest absolute Gasteiger partial charge is 0.335 e. The van der Waals surface area contributed by atoms with E-state index in [9.17, 15) is 9.90 Å². The molecule has 0 saturated heterocycles. The number of anilines is 2. The number of carboxylic acid groups (broad SMARTS) is 1. The second kappa shape index (κ2) is 7.35. The second-order valence-electron chi connectivity index (χ2n) is 6.08. The number of carbonyl (C=O) groups is 1. The molecule has 0 atom stereocenters. The van der Waals surface area contributed by atoms with E-state index in [4.69, 9.17) is 0 Å². The Balaban J connectivity index is 1.74. The maximum absolute atomic E-state index is 11.3.